The fourth-order valence-corrected chi connectivity index (χ4v) is 2.80. The number of ether oxygens (including phenoxy) is 2. The van der Waals surface area contributed by atoms with Gasteiger partial charge in [0.15, 0.2) is 0 Å². The summed E-state index contributed by atoms with van der Waals surface area (Å²) in [6.07, 6.45) is 1.55. The Bertz CT molecular complexity index is 296. The van der Waals surface area contributed by atoms with E-state index < -0.39 is 0 Å². The second-order valence-electron chi connectivity index (χ2n) is 5.88. The zero-order chi connectivity index (χ0) is 13.7. The molecule has 0 spiro atoms. The first-order valence-corrected chi connectivity index (χ1v) is 7.35. The van der Waals surface area contributed by atoms with Crippen LogP contribution in [0.15, 0.2) is 0 Å². The molecule has 1 amide bonds. The number of rotatable bonds is 4. The summed E-state index contributed by atoms with van der Waals surface area (Å²) in [4.78, 5) is 14.4. The smallest absolute Gasteiger partial charge is 0.224 e. The van der Waals surface area contributed by atoms with E-state index in [1.807, 2.05) is 4.90 Å². The molecular formula is C14H27ClN2O3. The topological polar surface area (TPSA) is 50.8 Å². The molecule has 2 saturated heterocycles. The zero-order valence-electron chi connectivity index (χ0n) is 12.5. The highest BCUT2D eigenvalue weighted by atomic mass is 35.5. The van der Waals surface area contributed by atoms with Crippen LogP contribution in [0.25, 0.3) is 0 Å². The van der Waals surface area contributed by atoms with Gasteiger partial charge >= 0.3 is 0 Å². The number of morpholine rings is 2. The van der Waals surface area contributed by atoms with Crippen LogP contribution in [0.5, 0.6) is 0 Å². The molecule has 2 atom stereocenters. The summed E-state index contributed by atoms with van der Waals surface area (Å²) < 4.78 is 10.9. The van der Waals surface area contributed by atoms with Crippen LogP contribution in [-0.2, 0) is 14.3 Å². The van der Waals surface area contributed by atoms with Crippen LogP contribution in [0.4, 0.5) is 0 Å². The zero-order valence-corrected chi connectivity index (χ0v) is 13.3. The van der Waals surface area contributed by atoms with Gasteiger partial charge in [-0.05, 0) is 12.3 Å². The average Bonchev–Trinajstić information content (AvgIpc) is 2.39. The highest BCUT2D eigenvalue weighted by molar-refractivity contribution is 5.85. The van der Waals surface area contributed by atoms with E-state index >= 15 is 0 Å². The lowest BCUT2D eigenvalue weighted by molar-refractivity contribution is -0.141. The quantitative estimate of drug-likeness (QED) is 0.844. The van der Waals surface area contributed by atoms with Crippen LogP contribution < -0.4 is 5.32 Å². The normalized spacial score (nSPS) is 27.2. The summed E-state index contributed by atoms with van der Waals surface area (Å²) in [5.41, 5.74) is 0. The lowest BCUT2D eigenvalue weighted by atomic mass is 10.0. The molecule has 20 heavy (non-hydrogen) atoms. The average molecular weight is 307 g/mol. The van der Waals surface area contributed by atoms with Crippen molar-refractivity contribution >= 4 is 18.3 Å². The number of nitrogens with one attached hydrogen (secondary N) is 1. The summed E-state index contributed by atoms with van der Waals surface area (Å²) in [7, 11) is 0. The van der Waals surface area contributed by atoms with Crippen molar-refractivity contribution in [3.8, 4) is 0 Å². The van der Waals surface area contributed by atoms with Crippen molar-refractivity contribution in [1.29, 1.82) is 0 Å². The molecule has 5 nitrogen and oxygen atoms in total. The number of halogens is 1. The van der Waals surface area contributed by atoms with Gasteiger partial charge in [0.1, 0.15) is 0 Å². The molecule has 0 bridgehead atoms. The second kappa shape index (κ2) is 8.82. The minimum absolute atomic E-state index is 0. The van der Waals surface area contributed by atoms with Crippen LogP contribution in [0, 0.1) is 5.92 Å². The predicted octanol–water partition coefficient (Wildman–Crippen LogP) is 1.06. The largest absolute Gasteiger partial charge is 0.378 e. The molecule has 6 heteroatoms. The molecule has 0 radical (unpaired) electrons. The molecule has 2 heterocycles. The maximum Gasteiger partial charge on any atom is 0.224 e. The number of amides is 1. The van der Waals surface area contributed by atoms with Crippen LogP contribution in [0.1, 0.15) is 26.7 Å². The van der Waals surface area contributed by atoms with Gasteiger partial charge in [0.05, 0.1) is 32.5 Å². The Morgan fingerprint density at radius 2 is 2.05 bits per heavy atom. The van der Waals surface area contributed by atoms with E-state index in [1.165, 1.54) is 0 Å². The summed E-state index contributed by atoms with van der Waals surface area (Å²) in [6.45, 7) is 8.68. The molecule has 0 aromatic rings. The maximum atomic E-state index is 12.4. The van der Waals surface area contributed by atoms with E-state index in [9.17, 15) is 4.79 Å². The molecule has 0 saturated carbocycles. The molecule has 0 aliphatic carbocycles. The molecule has 2 aliphatic heterocycles. The van der Waals surface area contributed by atoms with E-state index in [1.54, 1.807) is 0 Å². The van der Waals surface area contributed by atoms with Gasteiger partial charge in [0, 0.05) is 25.6 Å². The molecule has 2 unspecified atom stereocenters. The monoisotopic (exact) mass is 306 g/mol. The van der Waals surface area contributed by atoms with Gasteiger partial charge in [-0.1, -0.05) is 13.8 Å². The third-order valence-electron chi connectivity index (χ3n) is 3.71. The van der Waals surface area contributed by atoms with Crippen LogP contribution in [-0.4, -0.2) is 62.4 Å². The van der Waals surface area contributed by atoms with Crippen molar-refractivity contribution in [2.75, 3.05) is 39.5 Å². The Morgan fingerprint density at radius 3 is 2.70 bits per heavy atom. The van der Waals surface area contributed by atoms with Crippen LogP contribution in [0.3, 0.4) is 0 Å². The molecule has 2 fully saturated rings. The van der Waals surface area contributed by atoms with Gasteiger partial charge in [0.25, 0.3) is 0 Å². The Kier molecular flexibility index (Phi) is 7.80. The Balaban J connectivity index is 0.00000200. The van der Waals surface area contributed by atoms with E-state index in [4.69, 9.17) is 9.47 Å². The van der Waals surface area contributed by atoms with Crippen molar-refractivity contribution in [2.24, 2.45) is 5.92 Å². The van der Waals surface area contributed by atoms with Crippen molar-refractivity contribution < 1.29 is 14.3 Å². The number of nitrogens with zero attached hydrogens (tertiary/aromatic N) is 1. The predicted molar refractivity (Wildman–Crippen MR) is 80.2 cm³/mol. The van der Waals surface area contributed by atoms with Crippen molar-refractivity contribution in [1.82, 2.24) is 10.2 Å². The van der Waals surface area contributed by atoms with E-state index in [0.717, 1.165) is 26.1 Å². The SMILES string of the molecule is CC(C)CC1COCCN1C(=O)CC1COCCN1.Cl. The highest BCUT2D eigenvalue weighted by Crippen LogP contribution is 2.17. The van der Waals surface area contributed by atoms with Crippen molar-refractivity contribution in [2.45, 2.75) is 38.8 Å². The first kappa shape index (κ1) is 17.7. The van der Waals surface area contributed by atoms with Gasteiger partial charge in [-0.2, -0.15) is 0 Å². The molecule has 1 N–H and O–H groups in total. The molecule has 0 aromatic carbocycles. The van der Waals surface area contributed by atoms with Gasteiger partial charge in [-0.25, -0.2) is 0 Å². The fraction of sp³-hybridized carbons (Fsp3) is 0.929. The highest BCUT2D eigenvalue weighted by Gasteiger charge is 2.29. The summed E-state index contributed by atoms with van der Waals surface area (Å²) in [5, 5.41) is 3.34. The van der Waals surface area contributed by atoms with Crippen LogP contribution >= 0.6 is 12.4 Å². The Hall–Kier alpha value is -0.360. The minimum atomic E-state index is 0. The van der Waals surface area contributed by atoms with Crippen LogP contribution in [0.2, 0.25) is 0 Å². The second-order valence-corrected chi connectivity index (χ2v) is 5.88. The summed E-state index contributed by atoms with van der Waals surface area (Å²) in [6, 6.07) is 0.412. The van der Waals surface area contributed by atoms with Gasteiger partial charge in [-0.15, -0.1) is 12.4 Å². The molecule has 2 aliphatic rings. The third-order valence-corrected chi connectivity index (χ3v) is 3.71. The third kappa shape index (κ3) is 5.20. The Morgan fingerprint density at radius 1 is 1.30 bits per heavy atom. The molecule has 2 rings (SSSR count). The van der Waals surface area contributed by atoms with Gasteiger partial charge < -0.3 is 19.7 Å². The van der Waals surface area contributed by atoms with E-state index in [-0.39, 0.29) is 30.4 Å². The summed E-state index contributed by atoms with van der Waals surface area (Å²) >= 11 is 0. The van der Waals surface area contributed by atoms with Crippen molar-refractivity contribution in [3.63, 3.8) is 0 Å². The Labute approximate surface area is 127 Å². The molecular weight excluding hydrogens is 280 g/mol. The number of carbonyl (C=O) groups excluding carboxylic acids is 1. The maximum absolute atomic E-state index is 12.4. The standard InChI is InChI=1S/C14H26N2O3.ClH/c1-11(2)7-13-10-19-6-4-16(13)14(17)8-12-9-18-5-3-15-12;/h11-13,15H,3-10H2,1-2H3;1H. The lowest BCUT2D eigenvalue weighted by Gasteiger charge is -2.37. The fourth-order valence-electron chi connectivity index (χ4n) is 2.80. The first-order chi connectivity index (χ1) is 9.16. The summed E-state index contributed by atoms with van der Waals surface area (Å²) in [5.74, 6) is 0.815. The van der Waals surface area contributed by atoms with E-state index in [2.05, 4.69) is 19.2 Å². The first-order valence-electron chi connectivity index (χ1n) is 7.35. The van der Waals surface area contributed by atoms with Crippen molar-refractivity contribution in [3.05, 3.63) is 0 Å². The van der Waals surface area contributed by atoms with Gasteiger partial charge in [-0.3, -0.25) is 4.79 Å². The number of hydrogen-bond donors (Lipinski definition) is 1. The molecule has 118 valence electrons. The number of carbonyl (C=O) groups is 1. The van der Waals surface area contributed by atoms with E-state index in [0.29, 0.717) is 32.2 Å². The minimum Gasteiger partial charge on any atom is -0.378 e. The van der Waals surface area contributed by atoms with Gasteiger partial charge in [0.2, 0.25) is 5.91 Å². The lowest BCUT2D eigenvalue weighted by Crippen LogP contribution is -2.52. The molecule has 0 aromatic heterocycles. The number of hydrogen-bond acceptors (Lipinski definition) is 4.